The molecule has 3 nitrogen and oxygen atoms in total. The number of benzene rings is 1. The van der Waals surface area contributed by atoms with Crippen LogP contribution in [0, 0.1) is 6.92 Å². The van der Waals surface area contributed by atoms with Crippen molar-refractivity contribution in [1.29, 1.82) is 0 Å². The lowest BCUT2D eigenvalue weighted by molar-refractivity contribution is 0.0695. The van der Waals surface area contributed by atoms with Crippen LogP contribution in [0.15, 0.2) is 24.3 Å². The monoisotopic (exact) mass is 191 g/mol. The first-order valence-electron chi connectivity index (χ1n) is 4.71. The molecule has 0 radical (unpaired) electrons. The van der Waals surface area contributed by atoms with Gasteiger partial charge in [0.05, 0.1) is 6.61 Å². The van der Waals surface area contributed by atoms with Crippen LogP contribution in [-0.2, 0) is 4.74 Å². The van der Waals surface area contributed by atoms with Gasteiger partial charge in [0.15, 0.2) is 0 Å². The smallest absolute Gasteiger partial charge is 0.255 e. The van der Waals surface area contributed by atoms with E-state index in [-0.39, 0.29) is 5.91 Å². The molecule has 2 rings (SSSR count). The molecular formula is C11H13NO2. The Morgan fingerprint density at radius 3 is 3.00 bits per heavy atom. The highest BCUT2D eigenvalue weighted by Gasteiger charge is 2.19. The van der Waals surface area contributed by atoms with Gasteiger partial charge in [-0.25, -0.2) is 0 Å². The number of aryl methyl sites for hydroxylation is 1. The van der Waals surface area contributed by atoms with Crippen LogP contribution >= 0.6 is 0 Å². The molecule has 0 bridgehead atoms. The average molecular weight is 191 g/mol. The van der Waals surface area contributed by atoms with Crippen LogP contribution in [0.5, 0.6) is 0 Å². The van der Waals surface area contributed by atoms with Crippen molar-refractivity contribution in [3.8, 4) is 0 Å². The number of carbonyl (C=O) groups excluding carboxylic acids is 1. The number of ether oxygens (including phenoxy) is 1. The van der Waals surface area contributed by atoms with Gasteiger partial charge in [-0.05, 0) is 19.1 Å². The fourth-order valence-corrected chi connectivity index (χ4v) is 1.53. The maximum atomic E-state index is 11.8. The zero-order valence-electron chi connectivity index (χ0n) is 8.19. The summed E-state index contributed by atoms with van der Waals surface area (Å²) in [6, 6.07) is 7.63. The molecule has 1 aliphatic heterocycles. The van der Waals surface area contributed by atoms with Gasteiger partial charge in [0, 0.05) is 12.1 Å². The summed E-state index contributed by atoms with van der Waals surface area (Å²) in [6.45, 7) is 3.76. The maximum absolute atomic E-state index is 11.8. The van der Waals surface area contributed by atoms with Crippen molar-refractivity contribution in [2.75, 3.05) is 19.9 Å². The van der Waals surface area contributed by atoms with E-state index >= 15 is 0 Å². The summed E-state index contributed by atoms with van der Waals surface area (Å²) in [6.07, 6.45) is 0. The number of nitrogens with zero attached hydrogens (tertiary/aromatic N) is 1. The standard InChI is InChI=1S/C11H13NO2/c1-9-3-2-4-10(7-9)11(13)12-5-6-14-8-12/h2-4,7H,5-6,8H2,1H3. The molecule has 3 heteroatoms. The van der Waals surface area contributed by atoms with Crippen LogP contribution in [0.4, 0.5) is 0 Å². The Labute approximate surface area is 83.3 Å². The molecule has 1 saturated heterocycles. The van der Waals surface area contributed by atoms with Crippen molar-refractivity contribution >= 4 is 5.91 Å². The van der Waals surface area contributed by atoms with E-state index in [0.717, 1.165) is 11.1 Å². The van der Waals surface area contributed by atoms with Crippen LogP contribution in [0.3, 0.4) is 0 Å². The van der Waals surface area contributed by atoms with E-state index in [9.17, 15) is 4.79 Å². The lowest BCUT2D eigenvalue weighted by Crippen LogP contribution is -2.28. The molecule has 1 aromatic rings. The molecule has 1 fully saturated rings. The molecule has 1 amide bonds. The van der Waals surface area contributed by atoms with Crippen LogP contribution < -0.4 is 0 Å². The van der Waals surface area contributed by atoms with E-state index in [2.05, 4.69) is 0 Å². The van der Waals surface area contributed by atoms with Gasteiger partial charge in [0.2, 0.25) is 0 Å². The fourth-order valence-electron chi connectivity index (χ4n) is 1.53. The van der Waals surface area contributed by atoms with Crippen LogP contribution in [0.1, 0.15) is 15.9 Å². The van der Waals surface area contributed by atoms with Crippen molar-refractivity contribution in [1.82, 2.24) is 4.90 Å². The Hall–Kier alpha value is -1.35. The van der Waals surface area contributed by atoms with Crippen molar-refractivity contribution in [2.45, 2.75) is 6.92 Å². The van der Waals surface area contributed by atoms with Crippen molar-refractivity contribution < 1.29 is 9.53 Å². The van der Waals surface area contributed by atoms with Gasteiger partial charge >= 0.3 is 0 Å². The largest absolute Gasteiger partial charge is 0.359 e. The summed E-state index contributed by atoms with van der Waals surface area (Å²) < 4.78 is 5.14. The highest BCUT2D eigenvalue weighted by molar-refractivity contribution is 5.94. The maximum Gasteiger partial charge on any atom is 0.255 e. The van der Waals surface area contributed by atoms with Gasteiger partial charge in [0.1, 0.15) is 6.73 Å². The molecule has 1 aliphatic rings. The average Bonchev–Trinajstić information content (AvgIpc) is 2.69. The zero-order chi connectivity index (χ0) is 9.97. The van der Waals surface area contributed by atoms with E-state index in [1.165, 1.54) is 0 Å². The Balaban J connectivity index is 2.17. The summed E-state index contributed by atoms with van der Waals surface area (Å²) in [5.74, 6) is 0.0613. The Kier molecular flexibility index (Phi) is 2.50. The number of rotatable bonds is 1. The third-order valence-corrected chi connectivity index (χ3v) is 2.30. The molecule has 0 unspecified atom stereocenters. The third kappa shape index (κ3) is 1.77. The lowest BCUT2D eigenvalue weighted by Gasteiger charge is -2.13. The second-order valence-corrected chi connectivity index (χ2v) is 3.48. The first kappa shape index (κ1) is 9.21. The summed E-state index contributed by atoms with van der Waals surface area (Å²) >= 11 is 0. The van der Waals surface area contributed by atoms with Crippen LogP contribution in [0.2, 0.25) is 0 Å². The Bertz CT molecular complexity index is 343. The lowest BCUT2D eigenvalue weighted by atomic mass is 10.1. The second-order valence-electron chi connectivity index (χ2n) is 3.48. The summed E-state index contributed by atoms with van der Waals surface area (Å²) in [5.41, 5.74) is 1.85. The van der Waals surface area contributed by atoms with E-state index in [1.807, 2.05) is 31.2 Å². The molecule has 1 heterocycles. The number of carbonyl (C=O) groups is 1. The van der Waals surface area contributed by atoms with Gasteiger partial charge < -0.3 is 9.64 Å². The van der Waals surface area contributed by atoms with E-state index in [4.69, 9.17) is 4.74 Å². The summed E-state index contributed by atoms with van der Waals surface area (Å²) in [5, 5.41) is 0. The summed E-state index contributed by atoms with van der Waals surface area (Å²) in [7, 11) is 0. The third-order valence-electron chi connectivity index (χ3n) is 2.30. The number of amides is 1. The molecule has 0 aliphatic carbocycles. The minimum atomic E-state index is 0.0613. The molecule has 1 aromatic carbocycles. The van der Waals surface area contributed by atoms with Crippen molar-refractivity contribution in [3.05, 3.63) is 35.4 Å². The minimum Gasteiger partial charge on any atom is -0.359 e. The Morgan fingerprint density at radius 2 is 2.36 bits per heavy atom. The number of hydrogen-bond donors (Lipinski definition) is 0. The molecule has 0 aromatic heterocycles. The predicted octanol–water partition coefficient (Wildman–Crippen LogP) is 1.42. The van der Waals surface area contributed by atoms with Crippen molar-refractivity contribution in [2.24, 2.45) is 0 Å². The molecule has 0 saturated carbocycles. The van der Waals surface area contributed by atoms with E-state index in [1.54, 1.807) is 4.90 Å². The molecular weight excluding hydrogens is 178 g/mol. The highest BCUT2D eigenvalue weighted by Crippen LogP contribution is 2.10. The van der Waals surface area contributed by atoms with Gasteiger partial charge in [-0.3, -0.25) is 4.79 Å². The quantitative estimate of drug-likeness (QED) is 0.672. The molecule has 0 atom stereocenters. The Morgan fingerprint density at radius 1 is 1.50 bits per heavy atom. The van der Waals surface area contributed by atoms with Crippen molar-refractivity contribution in [3.63, 3.8) is 0 Å². The second kappa shape index (κ2) is 3.80. The summed E-state index contributed by atoms with van der Waals surface area (Å²) in [4.78, 5) is 13.6. The van der Waals surface area contributed by atoms with Crippen LogP contribution in [0.25, 0.3) is 0 Å². The van der Waals surface area contributed by atoms with Gasteiger partial charge in [0.25, 0.3) is 5.91 Å². The fraction of sp³-hybridized carbons (Fsp3) is 0.364. The first-order chi connectivity index (χ1) is 6.77. The topological polar surface area (TPSA) is 29.5 Å². The molecule has 0 N–H and O–H groups in total. The SMILES string of the molecule is Cc1cccc(C(=O)N2CCOC2)c1. The minimum absolute atomic E-state index is 0.0613. The molecule has 74 valence electrons. The van der Waals surface area contributed by atoms with Gasteiger partial charge in [-0.1, -0.05) is 17.7 Å². The zero-order valence-corrected chi connectivity index (χ0v) is 8.19. The predicted molar refractivity (Wildman–Crippen MR) is 53.0 cm³/mol. The normalized spacial score (nSPS) is 15.9. The first-order valence-corrected chi connectivity index (χ1v) is 4.71. The van der Waals surface area contributed by atoms with Gasteiger partial charge in [-0.15, -0.1) is 0 Å². The number of hydrogen-bond acceptors (Lipinski definition) is 2. The molecule has 14 heavy (non-hydrogen) atoms. The van der Waals surface area contributed by atoms with E-state index < -0.39 is 0 Å². The van der Waals surface area contributed by atoms with Crippen LogP contribution in [-0.4, -0.2) is 30.7 Å². The molecule has 0 spiro atoms. The highest BCUT2D eigenvalue weighted by atomic mass is 16.5. The van der Waals surface area contributed by atoms with E-state index in [0.29, 0.717) is 19.9 Å². The van der Waals surface area contributed by atoms with Gasteiger partial charge in [-0.2, -0.15) is 0 Å².